The van der Waals surface area contributed by atoms with E-state index in [1.54, 1.807) is 31.3 Å². The fourth-order valence-electron chi connectivity index (χ4n) is 4.93. The highest BCUT2D eigenvalue weighted by molar-refractivity contribution is 6.11. The van der Waals surface area contributed by atoms with Gasteiger partial charge in [-0.15, -0.1) is 0 Å². The van der Waals surface area contributed by atoms with Crippen LogP contribution in [0.3, 0.4) is 0 Å². The predicted octanol–water partition coefficient (Wildman–Crippen LogP) is 2.91. The van der Waals surface area contributed by atoms with Crippen molar-refractivity contribution in [3.8, 4) is 5.75 Å². The smallest absolute Gasteiger partial charge is 0.241 e. The van der Waals surface area contributed by atoms with Gasteiger partial charge in [-0.2, -0.15) is 0 Å². The molecule has 0 unspecified atom stereocenters. The van der Waals surface area contributed by atoms with Crippen molar-refractivity contribution in [2.75, 3.05) is 34.4 Å². The van der Waals surface area contributed by atoms with E-state index in [4.69, 9.17) is 9.47 Å². The van der Waals surface area contributed by atoms with Crippen LogP contribution in [0.15, 0.2) is 24.3 Å². The molecule has 0 aromatic heterocycles. The van der Waals surface area contributed by atoms with Crippen molar-refractivity contribution in [3.05, 3.63) is 29.8 Å². The van der Waals surface area contributed by atoms with Gasteiger partial charge in [-0.25, -0.2) is 0 Å². The maximum atomic E-state index is 13.7. The van der Waals surface area contributed by atoms with E-state index in [1.807, 2.05) is 19.2 Å². The van der Waals surface area contributed by atoms with E-state index in [-0.39, 0.29) is 43.1 Å². The lowest BCUT2D eigenvalue weighted by Crippen LogP contribution is -2.45. The van der Waals surface area contributed by atoms with Crippen LogP contribution in [0.25, 0.3) is 0 Å². The van der Waals surface area contributed by atoms with E-state index in [1.165, 1.54) is 11.3 Å². The van der Waals surface area contributed by atoms with E-state index in [2.05, 4.69) is 0 Å². The van der Waals surface area contributed by atoms with Gasteiger partial charge in [0, 0.05) is 51.8 Å². The molecule has 2 fully saturated rings. The number of imide groups is 1. The van der Waals surface area contributed by atoms with Crippen LogP contribution >= 0.6 is 0 Å². The van der Waals surface area contributed by atoms with Crippen LogP contribution in [-0.4, -0.2) is 68.0 Å². The Labute approximate surface area is 184 Å². The molecule has 1 aliphatic carbocycles. The second-order valence-corrected chi connectivity index (χ2v) is 8.63. The van der Waals surface area contributed by atoms with E-state index < -0.39 is 5.41 Å². The summed E-state index contributed by atoms with van der Waals surface area (Å²) in [6.07, 6.45) is 5.91. The summed E-state index contributed by atoms with van der Waals surface area (Å²) in [5.74, 6) is -0.142. The first-order valence-electron chi connectivity index (χ1n) is 11.2. The summed E-state index contributed by atoms with van der Waals surface area (Å²) >= 11 is 0. The minimum atomic E-state index is -1.24. The Kier molecular flexibility index (Phi) is 7.70. The lowest BCUT2D eigenvalue weighted by molar-refractivity contribution is -0.143. The molecule has 1 aliphatic heterocycles. The van der Waals surface area contributed by atoms with Gasteiger partial charge in [-0.1, -0.05) is 37.5 Å². The van der Waals surface area contributed by atoms with Gasteiger partial charge < -0.3 is 14.4 Å². The highest BCUT2D eigenvalue weighted by atomic mass is 16.5. The summed E-state index contributed by atoms with van der Waals surface area (Å²) in [5.41, 5.74) is -0.632. The fraction of sp³-hybridized carbons (Fsp3) is 0.625. The number of carbonyl (C=O) groups is 3. The van der Waals surface area contributed by atoms with Gasteiger partial charge in [0.25, 0.3) is 0 Å². The molecule has 1 saturated carbocycles. The lowest BCUT2D eigenvalue weighted by Gasteiger charge is -2.35. The SMILES string of the molecule is COCCCN1C(=O)C[C@](CC(=O)N(C)C2CCCCC2)(c2ccccc2OC)C1=O. The van der Waals surface area contributed by atoms with Crippen LogP contribution < -0.4 is 4.74 Å². The zero-order valence-corrected chi connectivity index (χ0v) is 18.9. The van der Waals surface area contributed by atoms with Gasteiger partial charge in [-0.3, -0.25) is 19.3 Å². The minimum absolute atomic E-state index is 0.0244. The van der Waals surface area contributed by atoms with Crippen molar-refractivity contribution in [3.63, 3.8) is 0 Å². The highest BCUT2D eigenvalue weighted by Crippen LogP contribution is 2.44. The molecule has 1 saturated heterocycles. The number of ether oxygens (including phenoxy) is 2. The first kappa shape index (κ1) is 23.3. The van der Waals surface area contributed by atoms with Gasteiger partial charge in [-0.05, 0) is 25.3 Å². The Bertz CT molecular complexity index is 805. The van der Waals surface area contributed by atoms with Crippen LogP contribution in [0.4, 0.5) is 0 Å². The number of methoxy groups -OCH3 is 2. The molecule has 1 atom stereocenters. The molecule has 7 heteroatoms. The van der Waals surface area contributed by atoms with Crippen LogP contribution in [0, 0.1) is 0 Å². The van der Waals surface area contributed by atoms with Gasteiger partial charge in [0.15, 0.2) is 0 Å². The third kappa shape index (κ3) is 4.76. The summed E-state index contributed by atoms with van der Waals surface area (Å²) in [4.78, 5) is 43.1. The number of rotatable bonds is 9. The topological polar surface area (TPSA) is 76.2 Å². The number of para-hydroxylation sites is 1. The van der Waals surface area contributed by atoms with Gasteiger partial charge in [0.2, 0.25) is 17.7 Å². The molecule has 1 heterocycles. The van der Waals surface area contributed by atoms with Crippen molar-refractivity contribution < 1.29 is 23.9 Å². The van der Waals surface area contributed by atoms with E-state index in [0.29, 0.717) is 24.3 Å². The standard InChI is InChI=1S/C24H34N2O5/c1-25(18-10-5-4-6-11-18)21(27)16-24(19-12-7-8-13-20(19)31-3)17-22(28)26(23(24)29)14-9-15-30-2/h7-8,12-13,18H,4-6,9-11,14-17H2,1-3H3/t24-/m1/s1. The second-order valence-electron chi connectivity index (χ2n) is 8.63. The Morgan fingerprint density at radius 3 is 2.55 bits per heavy atom. The molecule has 0 N–H and O–H groups in total. The summed E-state index contributed by atoms with van der Waals surface area (Å²) in [6, 6.07) is 7.42. The number of amides is 3. The molecule has 1 aromatic carbocycles. The van der Waals surface area contributed by atoms with Crippen LogP contribution in [-0.2, 0) is 24.5 Å². The molecule has 170 valence electrons. The molecule has 0 bridgehead atoms. The minimum Gasteiger partial charge on any atom is -0.496 e. The van der Waals surface area contributed by atoms with Crippen molar-refractivity contribution in [2.45, 2.75) is 62.8 Å². The normalized spacial score (nSPS) is 22.1. The molecule has 0 spiro atoms. The van der Waals surface area contributed by atoms with Crippen molar-refractivity contribution in [1.82, 2.24) is 9.80 Å². The van der Waals surface area contributed by atoms with E-state index in [9.17, 15) is 14.4 Å². The van der Waals surface area contributed by atoms with Crippen LogP contribution in [0.1, 0.15) is 56.9 Å². The maximum Gasteiger partial charge on any atom is 0.241 e. The zero-order valence-electron chi connectivity index (χ0n) is 18.9. The zero-order chi connectivity index (χ0) is 22.4. The monoisotopic (exact) mass is 430 g/mol. The molecule has 0 radical (unpaired) electrons. The summed E-state index contributed by atoms with van der Waals surface area (Å²) in [5, 5.41) is 0. The lowest BCUT2D eigenvalue weighted by atomic mass is 9.75. The Morgan fingerprint density at radius 2 is 1.87 bits per heavy atom. The van der Waals surface area contributed by atoms with Gasteiger partial charge in [0.05, 0.1) is 12.5 Å². The molecule has 3 rings (SSSR count). The largest absolute Gasteiger partial charge is 0.496 e. The number of nitrogens with zero attached hydrogens (tertiary/aromatic N) is 2. The Morgan fingerprint density at radius 1 is 1.16 bits per heavy atom. The maximum absolute atomic E-state index is 13.7. The molecular formula is C24H34N2O5. The van der Waals surface area contributed by atoms with Crippen molar-refractivity contribution in [1.29, 1.82) is 0 Å². The Balaban J connectivity index is 1.93. The van der Waals surface area contributed by atoms with Crippen LogP contribution in [0.2, 0.25) is 0 Å². The second kappa shape index (κ2) is 10.3. The summed E-state index contributed by atoms with van der Waals surface area (Å²) < 4.78 is 10.6. The summed E-state index contributed by atoms with van der Waals surface area (Å²) in [6.45, 7) is 0.747. The molecule has 7 nitrogen and oxygen atoms in total. The average molecular weight is 431 g/mol. The quantitative estimate of drug-likeness (QED) is 0.445. The van der Waals surface area contributed by atoms with Gasteiger partial charge >= 0.3 is 0 Å². The molecule has 1 aromatic rings. The number of benzene rings is 1. The van der Waals surface area contributed by atoms with Crippen molar-refractivity contribution in [2.24, 2.45) is 0 Å². The molecule has 3 amide bonds. The first-order valence-corrected chi connectivity index (χ1v) is 11.2. The number of likely N-dealkylation sites (tertiary alicyclic amines) is 1. The fourth-order valence-corrected chi connectivity index (χ4v) is 4.93. The molecule has 31 heavy (non-hydrogen) atoms. The number of hydrogen-bond acceptors (Lipinski definition) is 5. The summed E-state index contributed by atoms with van der Waals surface area (Å²) in [7, 11) is 4.96. The average Bonchev–Trinajstić information content (AvgIpc) is 3.03. The molecular weight excluding hydrogens is 396 g/mol. The highest BCUT2D eigenvalue weighted by Gasteiger charge is 2.55. The Hall–Kier alpha value is -2.41. The third-order valence-corrected chi connectivity index (χ3v) is 6.73. The predicted molar refractivity (Wildman–Crippen MR) is 117 cm³/mol. The van der Waals surface area contributed by atoms with E-state index in [0.717, 1.165) is 25.7 Å². The van der Waals surface area contributed by atoms with Gasteiger partial charge in [0.1, 0.15) is 5.75 Å². The third-order valence-electron chi connectivity index (χ3n) is 6.73. The number of carbonyl (C=O) groups excluding carboxylic acids is 3. The first-order chi connectivity index (χ1) is 14.9. The van der Waals surface area contributed by atoms with E-state index >= 15 is 0 Å². The molecule has 2 aliphatic rings. The van der Waals surface area contributed by atoms with Crippen LogP contribution in [0.5, 0.6) is 5.75 Å². The van der Waals surface area contributed by atoms with Crippen molar-refractivity contribution >= 4 is 17.7 Å². The number of hydrogen-bond donors (Lipinski definition) is 0.